The van der Waals surface area contributed by atoms with E-state index in [0.717, 1.165) is 10.4 Å². The maximum Gasteiger partial charge on any atom is 0.309 e. The standard InChI is InChI=1S/C13H16FNO4S/c1-13(12(16)17)6-8-15(9-7-13)20(18,19)11-5-3-2-4-10(11)14/h2-5H,6-9H2,1H3,(H,16,17). The van der Waals surface area contributed by atoms with Crippen LogP contribution in [0.25, 0.3) is 0 Å². The second-order valence-corrected chi connectivity index (χ2v) is 7.11. The Kier molecular flexibility index (Phi) is 3.84. The second kappa shape index (κ2) is 5.14. The molecule has 1 aliphatic rings. The van der Waals surface area contributed by atoms with Crippen molar-refractivity contribution in [2.45, 2.75) is 24.7 Å². The average Bonchev–Trinajstić information content (AvgIpc) is 2.39. The van der Waals surface area contributed by atoms with Gasteiger partial charge < -0.3 is 5.11 Å². The lowest BCUT2D eigenvalue weighted by molar-refractivity contribution is -0.150. The van der Waals surface area contributed by atoms with Gasteiger partial charge in [-0.1, -0.05) is 12.1 Å². The summed E-state index contributed by atoms with van der Waals surface area (Å²) in [6.07, 6.45) is 0.437. The third kappa shape index (κ3) is 2.55. The van der Waals surface area contributed by atoms with Crippen LogP contribution in [0.15, 0.2) is 29.2 Å². The van der Waals surface area contributed by atoms with Crippen LogP contribution in [-0.2, 0) is 14.8 Å². The zero-order valence-electron chi connectivity index (χ0n) is 11.0. The van der Waals surface area contributed by atoms with E-state index in [1.54, 1.807) is 6.92 Å². The number of carboxylic acid groups (broad SMARTS) is 1. The molecule has 7 heteroatoms. The monoisotopic (exact) mass is 301 g/mol. The molecule has 20 heavy (non-hydrogen) atoms. The van der Waals surface area contributed by atoms with Crippen molar-refractivity contribution in [3.63, 3.8) is 0 Å². The first kappa shape index (κ1) is 14.9. The molecule has 0 radical (unpaired) electrons. The average molecular weight is 301 g/mol. The van der Waals surface area contributed by atoms with Crippen LogP contribution in [0.1, 0.15) is 19.8 Å². The van der Waals surface area contributed by atoms with Crippen LogP contribution >= 0.6 is 0 Å². The lowest BCUT2D eigenvalue weighted by Crippen LogP contribution is -2.45. The number of carboxylic acids is 1. The first-order valence-corrected chi connectivity index (χ1v) is 7.69. The van der Waals surface area contributed by atoms with Gasteiger partial charge in [0, 0.05) is 13.1 Å². The Labute approximate surface area is 117 Å². The summed E-state index contributed by atoms with van der Waals surface area (Å²) in [7, 11) is -3.90. The predicted molar refractivity (Wildman–Crippen MR) is 70.1 cm³/mol. The number of hydrogen-bond donors (Lipinski definition) is 1. The summed E-state index contributed by atoms with van der Waals surface area (Å²) in [4.78, 5) is 10.8. The van der Waals surface area contributed by atoms with Crippen LogP contribution in [0.5, 0.6) is 0 Å². The highest BCUT2D eigenvalue weighted by Gasteiger charge is 2.40. The summed E-state index contributed by atoms with van der Waals surface area (Å²) in [5.41, 5.74) is -0.915. The van der Waals surface area contributed by atoms with Crippen molar-refractivity contribution in [1.82, 2.24) is 4.31 Å². The predicted octanol–water partition coefficient (Wildman–Crippen LogP) is 1.70. The fraction of sp³-hybridized carbons (Fsp3) is 0.462. The first-order valence-electron chi connectivity index (χ1n) is 6.25. The first-order chi connectivity index (χ1) is 9.27. The number of nitrogens with zero attached hydrogens (tertiary/aromatic N) is 1. The SMILES string of the molecule is CC1(C(=O)O)CCN(S(=O)(=O)c2ccccc2F)CC1. The second-order valence-electron chi connectivity index (χ2n) is 5.20. The molecule has 0 amide bonds. The highest BCUT2D eigenvalue weighted by molar-refractivity contribution is 7.89. The minimum atomic E-state index is -3.90. The van der Waals surface area contributed by atoms with E-state index in [0.29, 0.717) is 0 Å². The molecular formula is C13H16FNO4S. The van der Waals surface area contributed by atoms with Crippen molar-refractivity contribution in [3.8, 4) is 0 Å². The van der Waals surface area contributed by atoms with Crippen molar-refractivity contribution in [3.05, 3.63) is 30.1 Å². The Hall–Kier alpha value is -1.47. The van der Waals surface area contributed by atoms with Gasteiger partial charge in [0.25, 0.3) is 0 Å². The molecule has 5 nitrogen and oxygen atoms in total. The molecule has 0 spiro atoms. The van der Waals surface area contributed by atoms with Crippen LogP contribution in [0, 0.1) is 11.2 Å². The molecule has 0 saturated carbocycles. The van der Waals surface area contributed by atoms with Crippen molar-refractivity contribution >= 4 is 16.0 Å². The molecule has 0 aliphatic carbocycles. The highest BCUT2D eigenvalue weighted by atomic mass is 32.2. The van der Waals surface area contributed by atoms with E-state index in [4.69, 9.17) is 5.11 Å². The number of sulfonamides is 1. The summed E-state index contributed by atoms with van der Waals surface area (Å²) < 4.78 is 39.4. The van der Waals surface area contributed by atoms with E-state index >= 15 is 0 Å². The molecule has 1 saturated heterocycles. The van der Waals surface area contributed by atoms with Gasteiger partial charge >= 0.3 is 5.97 Å². The Balaban J connectivity index is 2.22. The van der Waals surface area contributed by atoms with Gasteiger partial charge in [0.1, 0.15) is 10.7 Å². The van der Waals surface area contributed by atoms with Gasteiger partial charge in [-0.15, -0.1) is 0 Å². The molecule has 110 valence electrons. The van der Waals surface area contributed by atoms with E-state index in [1.165, 1.54) is 18.2 Å². The molecule has 0 aromatic heterocycles. The summed E-state index contributed by atoms with van der Waals surface area (Å²) in [6.45, 7) is 1.77. The number of benzene rings is 1. The smallest absolute Gasteiger partial charge is 0.309 e. The topological polar surface area (TPSA) is 74.7 Å². The largest absolute Gasteiger partial charge is 0.481 e. The van der Waals surface area contributed by atoms with Gasteiger partial charge in [-0.05, 0) is 31.9 Å². The van der Waals surface area contributed by atoms with Gasteiger partial charge in [-0.3, -0.25) is 4.79 Å². The molecule has 1 aromatic rings. The quantitative estimate of drug-likeness (QED) is 0.922. The number of carbonyl (C=O) groups is 1. The Morgan fingerprint density at radius 1 is 1.30 bits per heavy atom. The van der Waals surface area contributed by atoms with Crippen LogP contribution in [0.4, 0.5) is 4.39 Å². The fourth-order valence-corrected chi connectivity index (χ4v) is 3.73. The molecule has 1 heterocycles. The summed E-state index contributed by atoms with van der Waals surface area (Å²) >= 11 is 0. The molecule has 1 aromatic carbocycles. The van der Waals surface area contributed by atoms with Gasteiger partial charge in [0.2, 0.25) is 10.0 Å². The molecule has 1 fully saturated rings. The molecule has 1 N–H and O–H groups in total. The lowest BCUT2D eigenvalue weighted by atomic mass is 9.81. The molecule has 2 rings (SSSR count). The van der Waals surface area contributed by atoms with E-state index < -0.39 is 27.2 Å². The number of aliphatic carboxylic acids is 1. The Bertz CT molecular complexity index is 621. The molecule has 0 atom stereocenters. The van der Waals surface area contributed by atoms with E-state index in [2.05, 4.69) is 0 Å². The molecular weight excluding hydrogens is 285 g/mol. The van der Waals surface area contributed by atoms with Crippen LogP contribution in [-0.4, -0.2) is 36.9 Å². The lowest BCUT2D eigenvalue weighted by Gasteiger charge is -2.35. The highest BCUT2D eigenvalue weighted by Crippen LogP contribution is 2.33. The normalized spacial score (nSPS) is 19.7. The summed E-state index contributed by atoms with van der Waals surface area (Å²) in [6, 6.07) is 5.20. The Morgan fingerprint density at radius 3 is 2.35 bits per heavy atom. The maximum absolute atomic E-state index is 13.6. The number of piperidine rings is 1. The summed E-state index contributed by atoms with van der Waals surface area (Å²) in [5.74, 6) is -1.72. The van der Waals surface area contributed by atoms with Gasteiger partial charge in [-0.2, -0.15) is 4.31 Å². The zero-order chi connectivity index (χ0) is 15.0. The maximum atomic E-state index is 13.6. The number of hydrogen-bond acceptors (Lipinski definition) is 3. The van der Waals surface area contributed by atoms with Crippen LogP contribution in [0.3, 0.4) is 0 Å². The van der Waals surface area contributed by atoms with Crippen molar-refractivity contribution < 1.29 is 22.7 Å². The molecule has 1 aliphatic heterocycles. The van der Waals surface area contributed by atoms with Crippen LogP contribution < -0.4 is 0 Å². The van der Waals surface area contributed by atoms with Gasteiger partial charge in [0.15, 0.2) is 0 Å². The van der Waals surface area contributed by atoms with Gasteiger partial charge in [-0.25, -0.2) is 12.8 Å². The fourth-order valence-electron chi connectivity index (χ4n) is 2.23. The zero-order valence-corrected chi connectivity index (χ0v) is 11.9. The van der Waals surface area contributed by atoms with Crippen molar-refractivity contribution in [2.24, 2.45) is 5.41 Å². The van der Waals surface area contributed by atoms with E-state index in [9.17, 15) is 17.6 Å². The molecule has 0 bridgehead atoms. The Morgan fingerprint density at radius 2 is 1.85 bits per heavy atom. The number of halogens is 1. The minimum absolute atomic E-state index is 0.0828. The van der Waals surface area contributed by atoms with E-state index in [1.807, 2.05) is 0 Å². The van der Waals surface area contributed by atoms with Crippen LogP contribution in [0.2, 0.25) is 0 Å². The molecule has 0 unspecified atom stereocenters. The van der Waals surface area contributed by atoms with E-state index in [-0.39, 0.29) is 30.8 Å². The van der Waals surface area contributed by atoms with Crippen molar-refractivity contribution in [2.75, 3.05) is 13.1 Å². The minimum Gasteiger partial charge on any atom is -0.481 e. The third-order valence-electron chi connectivity index (χ3n) is 3.80. The summed E-state index contributed by atoms with van der Waals surface area (Å²) in [5, 5.41) is 9.12. The number of rotatable bonds is 3. The van der Waals surface area contributed by atoms with Gasteiger partial charge in [0.05, 0.1) is 5.41 Å². The van der Waals surface area contributed by atoms with Crippen molar-refractivity contribution in [1.29, 1.82) is 0 Å². The third-order valence-corrected chi connectivity index (χ3v) is 5.73.